The number of anilines is 3. The van der Waals surface area contributed by atoms with Crippen molar-refractivity contribution in [3.63, 3.8) is 0 Å². The molecule has 0 saturated heterocycles. The lowest BCUT2D eigenvalue weighted by Crippen LogP contribution is -2.19. The number of rotatable bonds is 6. The van der Waals surface area contributed by atoms with Crippen LogP contribution >= 0.6 is 0 Å². The maximum atomic E-state index is 5.34. The van der Waals surface area contributed by atoms with Crippen molar-refractivity contribution in [1.29, 1.82) is 0 Å². The summed E-state index contributed by atoms with van der Waals surface area (Å²) in [5, 5.41) is 3.23. The summed E-state index contributed by atoms with van der Waals surface area (Å²) in [4.78, 5) is 11.3. The van der Waals surface area contributed by atoms with E-state index in [9.17, 15) is 0 Å². The highest BCUT2D eigenvalue weighted by atomic mass is 16.3. The van der Waals surface area contributed by atoms with E-state index in [-0.39, 0.29) is 0 Å². The maximum absolute atomic E-state index is 5.34. The van der Waals surface area contributed by atoms with Crippen LogP contribution in [0.4, 0.5) is 17.5 Å². The van der Waals surface area contributed by atoms with Crippen LogP contribution in [0.25, 0.3) is 0 Å². The molecule has 0 unspecified atom stereocenters. The third-order valence-corrected chi connectivity index (χ3v) is 3.75. The average molecular weight is 322 g/mol. The van der Waals surface area contributed by atoms with Crippen LogP contribution in [0.1, 0.15) is 23.9 Å². The summed E-state index contributed by atoms with van der Waals surface area (Å²) >= 11 is 0. The number of hydrogen-bond acceptors (Lipinski definition) is 5. The van der Waals surface area contributed by atoms with Gasteiger partial charge in [0, 0.05) is 24.0 Å². The predicted octanol–water partition coefficient (Wildman–Crippen LogP) is 4.46. The van der Waals surface area contributed by atoms with E-state index >= 15 is 0 Å². The Labute approximate surface area is 142 Å². The molecule has 0 bridgehead atoms. The summed E-state index contributed by atoms with van der Waals surface area (Å²) in [7, 11) is 0. The van der Waals surface area contributed by atoms with Gasteiger partial charge in [-0.15, -0.1) is 0 Å². The normalized spacial score (nSPS) is 10.6. The molecule has 3 aromatic rings. The molecule has 1 aromatic carbocycles. The summed E-state index contributed by atoms with van der Waals surface area (Å²) < 4.78 is 5.34. The molecule has 0 aliphatic heterocycles. The molecule has 0 saturated carbocycles. The number of aryl methyl sites for hydroxylation is 2. The molecule has 2 aromatic heterocycles. The lowest BCUT2D eigenvalue weighted by Gasteiger charge is -2.23. The molecule has 0 atom stereocenters. The Kier molecular flexibility index (Phi) is 4.79. The third-order valence-electron chi connectivity index (χ3n) is 3.75. The van der Waals surface area contributed by atoms with E-state index in [1.54, 1.807) is 6.26 Å². The standard InChI is InChI=1S/C19H22N4O/c1-4-23(16-8-5-7-14(2)11-16)18-12-15(3)21-19(22-18)20-13-17-9-6-10-24-17/h5-12H,4,13H2,1-3H3,(H,20,21,22). The first-order valence-electron chi connectivity index (χ1n) is 8.12. The Balaban J connectivity index is 1.86. The second-order valence-electron chi connectivity index (χ2n) is 5.71. The predicted molar refractivity (Wildman–Crippen MR) is 96.7 cm³/mol. The van der Waals surface area contributed by atoms with Gasteiger partial charge in [-0.25, -0.2) is 4.98 Å². The minimum atomic E-state index is 0.562. The van der Waals surface area contributed by atoms with E-state index < -0.39 is 0 Å². The van der Waals surface area contributed by atoms with Crippen LogP contribution in [0.3, 0.4) is 0 Å². The fraction of sp³-hybridized carbons (Fsp3) is 0.263. The Hall–Kier alpha value is -2.82. The summed E-state index contributed by atoms with van der Waals surface area (Å²) in [6.07, 6.45) is 1.66. The molecule has 0 aliphatic rings. The zero-order valence-electron chi connectivity index (χ0n) is 14.3. The van der Waals surface area contributed by atoms with Gasteiger partial charge >= 0.3 is 0 Å². The first-order valence-corrected chi connectivity index (χ1v) is 8.12. The number of nitrogens with one attached hydrogen (secondary N) is 1. The Morgan fingerprint density at radius 3 is 2.67 bits per heavy atom. The maximum Gasteiger partial charge on any atom is 0.225 e. The number of nitrogens with zero attached hydrogens (tertiary/aromatic N) is 3. The molecular weight excluding hydrogens is 300 g/mol. The van der Waals surface area contributed by atoms with Crippen LogP contribution in [0.2, 0.25) is 0 Å². The van der Waals surface area contributed by atoms with E-state index in [1.165, 1.54) is 5.56 Å². The van der Waals surface area contributed by atoms with E-state index in [4.69, 9.17) is 4.42 Å². The lowest BCUT2D eigenvalue weighted by molar-refractivity contribution is 0.517. The van der Waals surface area contributed by atoms with Crippen molar-refractivity contribution in [2.24, 2.45) is 0 Å². The molecule has 0 spiro atoms. The summed E-state index contributed by atoms with van der Waals surface area (Å²) in [6.45, 7) is 7.59. The van der Waals surface area contributed by atoms with E-state index in [0.29, 0.717) is 12.5 Å². The van der Waals surface area contributed by atoms with Gasteiger partial charge in [0.1, 0.15) is 11.6 Å². The van der Waals surface area contributed by atoms with E-state index in [1.807, 2.05) is 25.1 Å². The van der Waals surface area contributed by atoms with Crippen molar-refractivity contribution in [1.82, 2.24) is 9.97 Å². The van der Waals surface area contributed by atoms with Crippen LogP contribution < -0.4 is 10.2 Å². The number of hydrogen-bond donors (Lipinski definition) is 1. The first kappa shape index (κ1) is 16.1. The number of furan rings is 1. The third kappa shape index (κ3) is 3.74. The Morgan fingerprint density at radius 1 is 1.08 bits per heavy atom. The average Bonchev–Trinajstić information content (AvgIpc) is 3.07. The molecule has 0 fully saturated rings. The zero-order chi connectivity index (χ0) is 16.9. The molecular formula is C19H22N4O. The van der Waals surface area contributed by atoms with E-state index in [0.717, 1.165) is 29.5 Å². The molecule has 5 nitrogen and oxygen atoms in total. The monoisotopic (exact) mass is 322 g/mol. The smallest absolute Gasteiger partial charge is 0.225 e. The first-order chi connectivity index (χ1) is 11.7. The molecule has 0 amide bonds. The minimum absolute atomic E-state index is 0.562. The number of benzene rings is 1. The Morgan fingerprint density at radius 2 is 1.96 bits per heavy atom. The van der Waals surface area contributed by atoms with E-state index in [2.05, 4.69) is 58.3 Å². The van der Waals surface area contributed by atoms with Crippen LogP contribution in [0, 0.1) is 13.8 Å². The van der Waals surface area contributed by atoms with Crippen molar-refractivity contribution in [2.75, 3.05) is 16.8 Å². The van der Waals surface area contributed by atoms with Gasteiger partial charge in [-0.1, -0.05) is 12.1 Å². The molecule has 1 N–H and O–H groups in total. The molecule has 3 rings (SSSR count). The van der Waals surface area contributed by atoms with Gasteiger partial charge in [0.05, 0.1) is 12.8 Å². The van der Waals surface area contributed by atoms with Crippen LogP contribution in [-0.2, 0) is 6.54 Å². The number of aromatic nitrogens is 2. The fourth-order valence-electron chi connectivity index (χ4n) is 2.62. The highest BCUT2D eigenvalue weighted by Gasteiger charge is 2.11. The van der Waals surface area contributed by atoms with Crippen LogP contribution in [0.5, 0.6) is 0 Å². The van der Waals surface area contributed by atoms with Gasteiger partial charge in [-0.3, -0.25) is 0 Å². The van der Waals surface area contributed by atoms with Gasteiger partial charge in [0.25, 0.3) is 0 Å². The summed E-state index contributed by atoms with van der Waals surface area (Å²) in [5.74, 6) is 2.35. The van der Waals surface area contributed by atoms with Crippen LogP contribution in [0.15, 0.2) is 53.1 Å². The second kappa shape index (κ2) is 7.17. The largest absolute Gasteiger partial charge is 0.467 e. The fourth-order valence-corrected chi connectivity index (χ4v) is 2.62. The highest BCUT2D eigenvalue weighted by Crippen LogP contribution is 2.25. The van der Waals surface area contributed by atoms with Crippen molar-refractivity contribution < 1.29 is 4.42 Å². The minimum Gasteiger partial charge on any atom is -0.467 e. The SMILES string of the molecule is CCN(c1cccc(C)c1)c1cc(C)nc(NCc2ccco2)n1. The van der Waals surface area contributed by atoms with Gasteiger partial charge in [-0.05, 0) is 50.6 Å². The van der Waals surface area contributed by atoms with Crippen molar-refractivity contribution in [2.45, 2.75) is 27.3 Å². The highest BCUT2D eigenvalue weighted by molar-refractivity contribution is 5.61. The lowest BCUT2D eigenvalue weighted by atomic mass is 10.2. The Bertz CT molecular complexity index is 799. The molecule has 0 radical (unpaired) electrons. The zero-order valence-corrected chi connectivity index (χ0v) is 14.3. The quantitative estimate of drug-likeness (QED) is 0.726. The van der Waals surface area contributed by atoms with Crippen molar-refractivity contribution >= 4 is 17.5 Å². The molecule has 24 heavy (non-hydrogen) atoms. The molecule has 5 heteroatoms. The van der Waals surface area contributed by atoms with Gasteiger partial charge in [0.15, 0.2) is 0 Å². The molecule has 2 heterocycles. The molecule has 124 valence electrons. The topological polar surface area (TPSA) is 54.2 Å². The van der Waals surface area contributed by atoms with Crippen LogP contribution in [-0.4, -0.2) is 16.5 Å². The van der Waals surface area contributed by atoms with Crippen molar-refractivity contribution in [3.8, 4) is 0 Å². The van der Waals surface area contributed by atoms with Gasteiger partial charge in [0.2, 0.25) is 5.95 Å². The summed E-state index contributed by atoms with van der Waals surface area (Å²) in [5.41, 5.74) is 3.29. The van der Waals surface area contributed by atoms with Gasteiger partial charge < -0.3 is 14.6 Å². The van der Waals surface area contributed by atoms with Gasteiger partial charge in [-0.2, -0.15) is 4.98 Å². The van der Waals surface area contributed by atoms with Crippen molar-refractivity contribution in [3.05, 3.63) is 65.7 Å². The summed E-state index contributed by atoms with van der Waals surface area (Å²) in [6, 6.07) is 14.2. The second-order valence-corrected chi connectivity index (χ2v) is 5.71. The molecule has 0 aliphatic carbocycles.